The largest absolute Gasteiger partial charge is 0.477 e. The molecule has 1 saturated carbocycles. The summed E-state index contributed by atoms with van der Waals surface area (Å²) < 4.78 is 74.4. The minimum Gasteiger partial charge on any atom is -0.477 e. The van der Waals surface area contributed by atoms with Crippen LogP contribution in [0.3, 0.4) is 0 Å². The summed E-state index contributed by atoms with van der Waals surface area (Å²) in [5, 5.41) is 4.31. The van der Waals surface area contributed by atoms with Crippen molar-refractivity contribution in [1.82, 2.24) is 19.5 Å². The highest BCUT2D eigenvalue weighted by atomic mass is 32.2. The third kappa shape index (κ3) is 5.90. The van der Waals surface area contributed by atoms with Crippen molar-refractivity contribution >= 4 is 21.6 Å². The number of anilines is 1. The second kappa shape index (κ2) is 10.3. The standard InChI is InChI=1S/C28H32F3N5O4S/c1-19-16-26(2,3)35(18-19)22-15-23(32-17-21(22)25(37)34-41(38,39)20-7-5-4-6-8-20)36-13-9-24(33-36)40-14-12-27(10-11-27)28(29,30)31/h4-9,13,15,17,19H,10-12,14,16,18H2,1-3H3,(H,34,37). The molecule has 0 radical (unpaired) electrons. The first kappa shape index (κ1) is 28.9. The second-order valence-electron chi connectivity index (χ2n) is 11.5. The van der Waals surface area contributed by atoms with Crippen LogP contribution in [0.4, 0.5) is 18.9 Å². The maximum atomic E-state index is 13.4. The molecule has 13 heteroatoms. The van der Waals surface area contributed by atoms with E-state index < -0.39 is 27.5 Å². The number of halogens is 3. The van der Waals surface area contributed by atoms with Gasteiger partial charge in [0, 0.05) is 36.6 Å². The quantitative estimate of drug-likeness (QED) is 0.368. The Kier molecular flexibility index (Phi) is 7.29. The van der Waals surface area contributed by atoms with E-state index in [0.717, 1.165) is 6.42 Å². The van der Waals surface area contributed by atoms with Gasteiger partial charge in [0.15, 0.2) is 5.82 Å². The van der Waals surface area contributed by atoms with Crippen molar-refractivity contribution in [2.24, 2.45) is 11.3 Å². The molecule has 41 heavy (non-hydrogen) atoms. The van der Waals surface area contributed by atoms with Gasteiger partial charge in [-0.2, -0.15) is 13.2 Å². The number of benzene rings is 1. The van der Waals surface area contributed by atoms with Crippen LogP contribution in [0.5, 0.6) is 5.88 Å². The van der Waals surface area contributed by atoms with E-state index in [1.807, 2.05) is 13.8 Å². The minimum absolute atomic E-state index is 0.0403. The van der Waals surface area contributed by atoms with Crippen molar-refractivity contribution in [3.63, 3.8) is 0 Å². The van der Waals surface area contributed by atoms with Crippen molar-refractivity contribution in [2.45, 2.75) is 63.1 Å². The molecule has 1 N–H and O–H groups in total. The van der Waals surface area contributed by atoms with Crippen LogP contribution in [0.25, 0.3) is 5.82 Å². The maximum Gasteiger partial charge on any atom is 0.394 e. The molecule has 2 fully saturated rings. The summed E-state index contributed by atoms with van der Waals surface area (Å²) in [6.45, 7) is 6.71. The molecule has 9 nitrogen and oxygen atoms in total. The van der Waals surface area contributed by atoms with Gasteiger partial charge in [0.2, 0.25) is 5.88 Å². The molecule has 1 atom stereocenters. The molecule has 5 rings (SSSR count). The number of nitrogens with zero attached hydrogens (tertiary/aromatic N) is 4. The lowest BCUT2D eigenvalue weighted by molar-refractivity contribution is -0.190. The highest BCUT2D eigenvalue weighted by Crippen LogP contribution is 2.59. The molecular formula is C28H32F3N5O4S. The number of rotatable bonds is 9. The number of carbonyl (C=O) groups is 1. The van der Waals surface area contributed by atoms with Crippen LogP contribution >= 0.6 is 0 Å². The summed E-state index contributed by atoms with van der Waals surface area (Å²) in [6, 6.07) is 10.8. The number of amides is 1. The molecule has 2 aliphatic rings. The first-order valence-electron chi connectivity index (χ1n) is 13.4. The highest BCUT2D eigenvalue weighted by Gasteiger charge is 2.62. The van der Waals surface area contributed by atoms with Crippen LogP contribution < -0.4 is 14.4 Å². The smallest absolute Gasteiger partial charge is 0.394 e. The lowest BCUT2D eigenvalue weighted by Crippen LogP contribution is -2.40. The first-order valence-corrected chi connectivity index (χ1v) is 14.8. The number of ether oxygens (including phenoxy) is 1. The maximum absolute atomic E-state index is 13.4. The average molecular weight is 592 g/mol. The topological polar surface area (TPSA) is 106 Å². The van der Waals surface area contributed by atoms with Crippen LogP contribution in [-0.2, 0) is 10.0 Å². The molecule has 1 saturated heterocycles. The second-order valence-corrected chi connectivity index (χ2v) is 13.2. The van der Waals surface area contributed by atoms with Crippen LogP contribution in [0, 0.1) is 11.3 Å². The Labute approximate surface area is 236 Å². The van der Waals surface area contributed by atoms with Gasteiger partial charge in [-0.3, -0.25) is 4.79 Å². The number of alkyl halides is 3. The molecular weight excluding hydrogens is 559 g/mol. The van der Waals surface area contributed by atoms with Gasteiger partial charge in [-0.05, 0) is 57.6 Å². The van der Waals surface area contributed by atoms with Crippen molar-refractivity contribution in [3.8, 4) is 11.7 Å². The van der Waals surface area contributed by atoms with E-state index in [1.54, 1.807) is 30.5 Å². The molecule has 3 aromatic rings. The van der Waals surface area contributed by atoms with Gasteiger partial charge in [-0.1, -0.05) is 25.1 Å². The summed E-state index contributed by atoms with van der Waals surface area (Å²) in [5.74, 6) is -0.0120. The lowest BCUT2D eigenvalue weighted by Gasteiger charge is -2.35. The first-order chi connectivity index (χ1) is 19.2. The van der Waals surface area contributed by atoms with Gasteiger partial charge in [0.25, 0.3) is 15.9 Å². The molecule has 3 heterocycles. The Morgan fingerprint density at radius 3 is 2.49 bits per heavy atom. The van der Waals surface area contributed by atoms with Crippen molar-refractivity contribution < 1.29 is 31.1 Å². The van der Waals surface area contributed by atoms with Crippen LogP contribution in [-0.4, -0.2) is 54.0 Å². The predicted octanol–water partition coefficient (Wildman–Crippen LogP) is 5.12. The van der Waals surface area contributed by atoms with Gasteiger partial charge in [-0.15, -0.1) is 5.10 Å². The van der Waals surface area contributed by atoms with E-state index in [4.69, 9.17) is 4.74 Å². The summed E-state index contributed by atoms with van der Waals surface area (Å²) in [6.07, 6.45) is -0.433. The fourth-order valence-corrected chi connectivity index (χ4v) is 6.48. The van der Waals surface area contributed by atoms with E-state index in [9.17, 15) is 26.4 Å². The monoisotopic (exact) mass is 591 g/mol. The van der Waals surface area contributed by atoms with Gasteiger partial charge >= 0.3 is 6.18 Å². The molecule has 2 aromatic heterocycles. The van der Waals surface area contributed by atoms with Crippen molar-refractivity contribution in [1.29, 1.82) is 0 Å². The Hall–Kier alpha value is -3.61. The number of sulfonamides is 1. The Morgan fingerprint density at radius 2 is 1.88 bits per heavy atom. The molecule has 0 spiro atoms. The van der Waals surface area contributed by atoms with Gasteiger partial charge in [-0.25, -0.2) is 22.8 Å². The summed E-state index contributed by atoms with van der Waals surface area (Å²) in [7, 11) is -4.12. The number of aromatic nitrogens is 3. The van der Waals surface area contributed by atoms with Gasteiger partial charge in [0.05, 0.1) is 28.2 Å². The number of carbonyl (C=O) groups excluding carboxylic acids is 1. The Balaban J connectivity index is 1.40. The zero-order valence-electron chi connectivity index (χ0n) is 23.0. The molecule has 1 aliphatic carbocycles. The Morgan fingerprint density at radius 1 is 1.17 bits per heavy atom. The van der Waals surface area contributed by atoms with E-state index >= 15 is 0 Å². The minimum atomic E-state index is -4.24. The van der Waals surface area contributed by atoms with Crippen LogP contribution in [0.2, 0.25) is 0 Å². The highest BCUT2D eigenvalue weighted by molar-refractivity contribution is 7.90. The molecule has 220 valence electrons. The zero-order valence-corrected chi connectivity index (χ0v) is 23.8. The SMILES string of the molecule is CC1CN(c2cc(-n3ccc(OCCC4(C(F)(F)F)CC4)n3)ncc2C(=O)NS(=O)(=O)c2ccccc2)C(C)(C)C1. The van der Waals surface area contributed by atoms with Crippen molar-refractivity contribution in [3.05, 3.63) is 60.4 Å². The van der Waals surface area contributed by atoms with Crippen LogP contribution in [0.15, 0.2) is 59.8 Å². The molecule has 1 amide bonds. The fourth-order valence-electron chi connectivity index (χ4n) is 5.49. The number of hydrogen-bond acceptors (Lipinski definition) is 7. The molecule has 1 aromatic carbocycles. The predicted molar refractivity (Wildman–Crippen MR) is 145 cm³/mol. The van der Waals surface area contributed by atoms with E-state index in [0.29, 0.717) is 24.0 Å². The summed E-state index contributed by atoms with van der Waals surface area (Å²) >= 11 is 0. The normalized spacial score (nSPS) is 19.7. The zero-order chi connectivity index (χ0) is 29.6. The van der Waals surface area contributed by atoms with E-state index in [-0.39, 0.29) is 47.7 Å². The van der Waals surface area contributed by atoms with Crippen molar-refractivity contribution in [2.75, 3.05) is 18.1 Å². The number of hydrogen-bond donors (Lipinski definition) is 1. The van der Waals surface area contributed by atoms with Gasteiger partial charge < -0.3 is 9.64 Å². The lowest BCUT2D eigenvalue weighted by atomic mass is 9.97. The van der Waals surface area contributed by atoms with E-state index in [1.165, 1.54) is 29.1 Å². The van der Waals surface area contributed by atoms with Crippen LogP contribution in [0.1, 0.15) is 56.8 Å². The number of pyridine rings is 1. The summed E-state index contributed by atoms with van der Waals surface area (Å²) in [4.78, 5) is 19.7. The Bertz CT molecular complexity index is 1540. The third-order valence-electron chi connectivity index (χ3n) is 7.84. The van der Waals surface area contributed by atoms with Gasteiger partial charge in [0.1, 0.15) is 0 Å². The van der Waals surface area contributed by atoms with E-state index in [2.05, 4.69) is 26.6 Å². The summed E-state index contributed by atoms with van der Waals surface area (Å²) in [5.41, 5.74) is -1.42. The molecule has 1 aliphatic heterocycles. The average Bonchev–Trinajstić information content (AvgIpc) is 3.47. The molecule has 1 unspecified atom stereocenters. The number of nitrogens with one attached hydrogen (secondary N) is 1. The third-order valence-corrected chi connectivity index (χ3v) is 9.19. The molecule has 0 bridgehead atoms. The fraction of sp³-hybridized carbons (Fsp3) is 0.464.